The lowest BCUT2D eigenvalue weighted by molar-refractivity contribution is -0.384. The van der Waals surface area contributed by atoms with Crippen molar-refractivity contribution in [2.45, 2.75) is 6.92 Å². The number of amides is 2. The van der Waals surface area contributed by atoms with Crippen LogP contribution in [0.5, 0.6) is 0 Å². The van der Waals surface area contributed by atoms with E-state index in [0.29, 0.717) is 26.2 Å². The Balaban J connectivity index is 1.39. The van der Waals surface area contributed by atoms with Crippen LogP contribution >= 0.6 is 11.3 Å². The minimum absolute atomic E-state index is 0.0697. The zero-order chi connectivity index (χ0) is 19.7. The van der Waals surface area contributed by atoms with E-state index in [0.717, 1.165) is 26.6 Å². The number of non-ortho nitro benzene ring substituents is 1. The lowest BCUT2D eigenvalue weighted by Gasteiger charge is -2.34. The number of nitro benzene ring substituents is 1. The maximum atomic E-state index is 12.5. The fourth-order valence-corrected chi connectivity index (χ4v) is 4.14. The molecule has 0 unspecified atom stereocenters. The zero-order valence-corrected chi connectivity index (χ0v) is 16.1. The Labute approximate surface area is 165 Å². The standard InChI is InChI=1S/C19H19N5O3S/c1-13-2-4-14(5-3-13)20-18(25)22-8-10-23(11-9-22)19-21-16-7-6-15(24(26)27)12-17(16)28-19/h2-7,12H,8-11H2,1H3,(H,20,25). The number of carbonyl (C=O) groups is 1. The van der Waals surface area contributed by atoms with Gasteiger partial charge >= 0.3 is 6.03 Å². The van der Waals surface area contributed by atoms with E-state index in [4.69, 9.17) is 0 Å². The van der Waals surface area contributed by atoms with Gasteiger partial charge in [0.1, 0.15) is 0 Å². The molecule has 4 rings (SSSR count). The number of piperazine rings is 1. The minimum atomic E-state index is -0.399. The summed E-state index contributed by atoms with van der Waals surface area (Å²) in [5.74, 6) is 0. The molecule has 1 aromatic heterocycles. The van der Waals surface area contributed by atoms with Gasteiger partial charge in [-0.05, 0) is 25.1 Å². The second kappa shape index (κ2) is 7.43. The summed E-state index contributed by atoms with van der Waals surface area (Å²) >= 11 is 1.44. The largest absolute Gasteiger partial charge is 0.345 e. The number of nitrogens with one attached hydrogen (secondary N) is 1. The van der Waals surface area contributed by atoms with Gasteiger partial charge in [0.15, 0.2) is 5.13 Å². The highest BCUT2D eigenvalue weighted by Crippen LogP contribution is 2.31. The van der Waals surface area contributed by atoms with Crippen molar-refractivity contribution in [3.63, 3.8) is 0 Å². The minimum Gasteiger partial charge on any atom is -0.345 e. The number of thiazole rings is 1. The van der Waals surface area contributed by atoms with Crippen molar-refractivity contribution in [2.75, 3.05) is 36.4 Å². The second-order valence-corrected chi connectivity index (χ2v) is 7.68. The van der Waals surface area contributed by atoms with Crippen LogP contribution in [0.3, 0.4) is 0 Å². The summed E-state index contributed by atoms with van der Waals surface area (Å²) in [5.41, 5.74) is 2.75. The molecule has 1 N–H and O–H groups in total. The molecule has 2 heterocycles. The number of aromatic nitrogens is 1. The maximum Gasteiger partial charge on any atom is 0.321 e. The quantitative estimate of drug-likeness (QED) is 0.535. The first-order chi connectivity index (χ1) is 13.5. The highest BCUT2D eigenvalue weighted by Gasteiger charge is 2.23. The van der Waals surface area contributed by atoms with Crippen molar-refractivity contribution in [1.29, 1.82) is 0 Å². The summed E-state index contributed by atoms with van der Waals surface area (Å²) in [6, 6.07) is 12.3. The Bertz CT molecular complexity index is 1030. The third-order valence-corrected chi connectivity index (χ3v) is 5.79. The number of nitro groups is 1. The van der Waals surface area contributed by atoms with Gasteiger partial charge in [-0.1, -0.05) is 29.0 Å². The zero-order valence-electron chi connectivity index (χ0n) is 15.3. The molecule has 3 aromatic rings. The first-order valence-corrected chi connectivity index (χ1v) is 9.74. The van der Waals surface area contributed by atoms with Gasteiger partial charge in [0.05, 0.1) is 15.1 Å². The molecule has 1 fully saturated rings. The third kappa shape index (κ3) is 3.74. The fraction of sp³-hybridized carbons (Fsp3) is 0.263. The Morgan fingerprint density at radius 2 is 1.86 bits per heavy atom. The number of fused-ring (bicyclic) bond motifs is 1. The molecule has 144 valence electrons. The summed E-state index contributed by atoms with van der Waals surface area (Å²) in [6.45, 7) is 4.53. The number of urea groups is 1. The first-order valence-electron chi connectivity index (χ1n) is 8.92. The average Bonchev–Trinajstić information content (AvgIpc) is 3.13. The topological polar surface area (TPSA) is 91.6 Å². The predicted molar refractivity (Wildman–Crippen MR) is 110 cm³/mol. The Kier molecular flexibility index (Phi) is 4.82. The van der Waals surface area contributed by atoms with E-state index in [1.165, 1.54) is 17.4 Å². The Morgan fingerprint density at radius 3 is 2.54 bits per heavy atom. The van der Waals surface area contributed by atoms with E-state index in [-0.39, 0.29) is 11.7 Å². The predicted octanol–water partition coefficient (Wildman–Crippen LogP) is 3.87. The molecule has 0 bridgehead atoms. The van der Waals surface area contributed by atoms with E-state index >= 15 is 0 Å². The number of hydrogen-bond acceptors (Lipinski definition) is 6. The lowest BCUT2D eigenvalue weighted by Crippen LogP contribution is -2.50. The number of anilines is 2. The summed E-state index contributed by atoms with van der Waals surface area (Å²) < 4.78 is 0.795. The number of aryl methyl sites for hydroxylation is 1. The molecule has 8 nitrogen and oxygen atoms in total. The molecular weight excluding hydrogens is 378 g/mol. The molecule has 2 amide bonds. The van der Waals surface area contributed by atoms with Gasteiger partial charge in [-0.2, -0.15) is 0 Å². The molecule has 1 aliphatic heterocycles. The highest BCUT2D eigenvalue weighted by atomic mass is 32.1. The highest BCUT2D eigenvalue weighted by molar-refractivity contribution is 7.22. The molecule has 0 saturated carbocycles. The SMILES string of the molecule is Cc1ccc(NC(=O)N2CCN(c3nc4ccc([N+](=O)[O-])cc4s3)CC2)cc1. The number of rotatable bonds is 3. The second-order valence-electron chi connectivity index (χ2n) is 6.68. The van der Waals surface area contributed by atoms with Gasteiger partial charge < -0.3 is 15.1 Å². The van der Waals surface area contributed by atoms with Crippen molar-refractivity contribution < 1.29 is 9.72 Å². The maximum absolute atomic E-state index is 12.5. The van der Waals surface area contributed by atoms with Crippen LogP contribution in [0.1, 0.15) is 5.56 Å². The average molecular weight is 397 g/mol. The molecule has 0 aliphatic carbocycles. The van der Waals surface area contributed by atoms with E-state index in [1.54, 1.807) is 17.0 Å². The smallest absolute Gasteiger partial charge is 0.321 e. The number of hydrogen-bond donors (Lipinski definition) is 1. The van der Waals surface area contributed by atoms with Gasteiger partial charge in [-0.25, -0.2) is 9.78 Å². The van der Waals surface area contributed by atoms with E-state index in [9.17, 15) is 14.9 Å². The van der Waals surface area contributed by atoms with Crippen molar-refractivity contribution >= 4 is 44.1 Å². The van der Waals surface area contributed by atoms with Crippen molar-refractivity contribution in [3.8, 4) is 0 Å². The van der Waals surface area contributed by atoms with Crippen LogP contribution in [-0.2, 0) is 0 Å². The van der Waals surface area contributed by atoms with Crippen LogP contribution in [0.4, 0.5) is 21.3 Å². The van der Waals surface area contributed by atoms with Crippen LogP contribution in [0.2, 0.25) is 0 Å². The normalized spacial score (nSPS) is 14.3. The molecule has 9 heteroatoms. The van der Waals surface area contributed by atoms with E-state index in [1.807, 2.05) is 31.2 Å². The van der Waals surface area contributed by atoms with Crippen LogP contribution < -0.4 is 10.2 Å². The van der Waals surface area contributed by atoms with Crippen molar-refractivity contribution in [3.05, 3.63) is 58.1 Å². The van der Waals surface area contributed by atoms with Gasteiger partial charge in [0.2, 0.25) is 0 Å². The van der Waals surface area contributed by atoms with Crippen LogP contribution in [0, 0.1) is 17.0 Å². The Hall–Kier alpha value is -3.20. The van der Waals surface area contributed by atoms with Crippen LogP contribution in [0.15, 0.2) is 42.5 Å². The Morgan fingerprint density at radius 1 is 1.14 bits per heavy atom. The van der Waals surface area contributed by atoms with E-state index < -0.39 is 4.92 Å². The number of carbonyl (C=O) groups excluding carboxylic acids is 1. The van der Waals surface area contributed by atoms with Gasteiger partial charge in [0.25, 0.3) is 5.69 Å². The van der Waals surface area contributed by atoms with E-state index in [2.05, 4.69) is 15.2 Å². The summed E-state index contributed by atoms with van der Waals surface area (Å²) in [7, 11) is 0. The molecule has 1 aliphatic rings. The molecule has 1 saturated heterocycles. The van der Waals surface area contributed by atoms with Gasteiger partial charge in [0, 0.05) is 44.0 Å². The first kappa shape index (κ1) is 18.2. The fourth-order valence-electron chi connectivity index (χ4n) is 3.09. The molecular formula is C19H19N5O3S. The molecule has 28 heavy (non-hydrogen) atoms. The van der Waals surface area contributed by atoms with Crippen molar-refractivity contribution in [2.24, 2.45) is 0 Å². The summed E-state index contributed by atoms with van der Waals surface area (Å²) in [4.78, 5) is 31.5. The lowest BCUT2D eigenvalue weighted by atomic mass is 10.2. The van der Waals surface area contributed by atoms with Crippen molar-refractivity contribution in [1.82, 2.24) is 9.88 Å². The van der Waals surface area contributed by atoms with Gasteiger partial charge in [-0.15, -0.1) is 0 Å². The van der Waals surface area contributed by atoms with Crippen LogP contribution in [0.25, 0.3) is 10.2 Å². The molecule has 0 atom stereocenters. The third-order valence-electron chi connectivity index (χ3n) is 4.71. The number of benzene rings is 2. The molecule has 0 spiro atoms. The van der Waals surface area contributed by atoms with Gasteiger partial charge in [-0.3, -0.25) is 10.1 Å². The monoisotopic (exact) mass is 397 g/mol. The summed E-state index contributed by atoms with van der Waals surface area (Å²) in [6.07, 6.45) is 0. The summed E-state index contributed by atoms with van der Waals surface area (Å²) in [5, 5.41) is 14.7. The number of nitrogens with zero attached hydrogens (tertiary/aromatic N) is 4. The van der Waals surface area contributed by atoms with Crippen LogP contribution in [-0.4, -0.2) is 47.0 Å². The molecule has 2 aromatic carbocycles. The molecule has 0 radical (unpaired) electrons.